The van der Waals surface area contributed by atoms with E-state index in [9.17, 15) is 4.79 Å². The predicted molar refractivity (Wildman–Crippen MR) is 62.4 cm³/mol. The summed E-state index contributed by atoms with van der Waals surface area (Å²) in [6.07, 6.45) is 0. The number of nitrogens with zero attached hydrogens (tertiary/aromatic N) is 2. The molecule has 4 nitrogen and oxygen atoms in total. The summed E-state index contributed by atoms with van der Waals surface area (Å²) in [6, 6.07) is -0.0261. The van der Waals surface area contributed by atoms with Crippen LogP contribution in [0.15, 0.2) is 10.4 Å². The minimum Gasteiger partial charge on any atom is -0.476 e. The van der Waals surface area contributed by atoms with Gasteiger partial charge >= 0.3 is 5.97 Å². The maximum absolute atomic E-state index is 10.6. The monoisotopic (exact) mass is 262 g/mol. The minimum absolute atomic E-state index is 0.0261. The molecular formula is C8H7ClN2O2S2. The number of aliphatic imine (C=N–C) groups is 1. The lowest BCUT2D eigenvalue weighted by Crippen LogP contribution is -1.99. The third-order valence-corrected chi connectivity index (χ3v) is 4.27. The lowest BCUT2D eigenvalue weighted by atomic mass is 10.4. The zero-order valence-corrected chi connectivity index (χ0v) is 9.90. The minimum atomic E-state index is -0.996. The normalized spacial score (nSPS) is 20.3. The number of alkyl halides is 1. The van der Waals surface area contributed by atoms with Crippen LogP contribution in [0.5, 0.6) is 0 Å². The Hall–Kier alpha value is -0.590. The van der Waals surface area contributed by atoms with Crippen molar-refractivity contribution in [2.24, 2.45) is 4.99 Å². The van der Waals surface area contributed by atoms with Crippen molar-refractivity contribution in [2.45, 2.75) is 6.04 Å². The molecule has 15 heavy (non-hydrogen) atoms. The number of halogens is 1. The molecule has 0 aliphatic carbocycles. The van der Waals surface area contributed by atoms with Gasteiger partial charge in [0.05, 0.1) is 10.9 Å². The first kappa shape index (κ1) is 10.9. The van der Waals surface area contributed by atoms with Gasteiger partial charge in [-0.05, 0) is 0 Å². The quantitative estimate of drug-likeness (QED) is 0.849. The van der Waals surface area contributed by atoms with Crippen molar-refractivity contribution in [2.75, 3.05) is 11.6 Å². The van der Waals surface area contributed by atoms with Crippen LogP contribution in [0.25, 0.3) is 0 Å². The molecule has 80 valence electrons. The van der Waals surface area contributed by atoms with Gasteiger partial charge in [-0.1, -0.05) is 0 Å². The largest absolute Gasteiger partial charge is 0.476 e. The van der Waals surface area contributed by atoms with E-state index in [0.29, 0.717) is 5.88 Å². The van der Waals surface area contributed by atoms with Gasteiger partial charge in [0.15, 0.2) is 5.69 Å². The number of carboxylic acids is 1. The van der Waals surface area contributed by atoms with Crippen molar-refractivity contribution in [3.63, 3.8) is 0 Å². The van der Waals surface area contributed by atoms with Crippen molar-refractivity contribution < 1.29 is 9.90 Å². The van der Waals surface area contributed by atoms with E-state index in [1.54, 1.807) is 11.8 Å². The molecule has 1 atom stereocenters. The number of thiazole rings is 1. The van der Waals surface area contributed by atoms with Crippen molar-refractivity contribution in [1.82, 2.24) is 4.98 Å². The number of thioether (sulfide) groups is 1. The Morgan fingerprint density at radius 3 is 3.07 bits per heavy atom. The summed E-state index contributed by atoms with van der Waals surface area (Å²) in [5.74, 6) is 0.220. The van der Waals surface area contributed by atoms with Crippen LogP contribution in [0.3, 0.4) is 0 Å². The molecule has 0 fully saturated rings. The molecule has 1 aromatic heterocycles. The molecule has 0 aromatic carbocycles. The van der Waals surface area contributed by atoms with Crippen molar-refractivity contribution in [3.8, 4) is 0 Å². The van der Waals surface area contributed by atoms with Gasteiger partial charge < -0.3 is 5.11 Å². The number of rotatable bonds is 3. The van der Waals surface area contributed by atoms with Crippen LogP contribution in [0.1, 0.15) is 21.5 Å². The number of hydrogen-bond donors (Lipinski definition) is 1. The zero-order chi connectivity index (χ0) is 10.8. The molecule has 0 saturated heterocycles. The molecule has 2 rings (SSSR count). The molecule has 1 N–H and O–H groups in total. The van der Waals surface area contributed by atoms with Crippen LogP contribution in [0.2, 0.25) is 0 Å². The molecule has 2 heterocycles. The van der Waals surface area contributed by atoms with Gasteiger partial charge in [0.2, 0.25) is 0 Å². The average molecular weight is 263 g/mol. The van der Waals surface area contributed by atoms with Gasteiger partial charge in [-0.2, -0.15) is 0 Å². The van der Waals surface area contributed by atoms with Crippen LogP contribution in [0.4, 0.5) is 0 Å². The Bertz CT molecular complexity index is 419. The highest BCUT2D eigenvalue weighted by Crippen LogP contribution is 2.32. The number of aromatic carboxylic acids is 1. The topological polar surface area (TPSA) is 62.5 Å². The first-order chi connectivity index (χ1) is 7.20. The Balaban J connectivity index is 2.17. The fourth-order valence-corrected chi connectivity index (χ4v) is 3.26. The van der Waals surface area contributed by atoms with Crippen LogP contribution < -0.4 is 0 Å². The van der Waals surface area contributed by atoms with E-state index in [1.165, 1.54) is 16.7 Å². The third kappa shape index (κ3) is 2.32. The second-order valence-corrected chi connectivity index (χ2v) is 5.11. The Morgan fingerprint density at radius 2 is 2.53 bits per heavy atom. The molecule has 1 aliphatic rings. The standard InChI is InChI=1S/C8H7ClN2O2S2/c9-1-6-10-4(2-14-6)7-11-5(3-15-7)8(12)13/h3-4H,1-2H2,(H,12,13)/t4-/m0/s1. The summed E-state index contributed by atoms with van der Waals surface area (Å²) in [4.78, 5) is 19.0. The molecule has 0 spiro atoms. The molecule has 7 heteroatoms. The maximum atomic E-state index is 10.6. The van der Waals surface area contributed by atoms with Crippen LogP contribution in [-0.4, -0.2) is 32.7 Å². The second kappa shape index (κ2) is 4.51. The van der Waals surface area contributed by atoms with E-state index >= 15 is 0 Å². The number of carbonyl (C=O) groups is 1. The predicted octanol–water partition coefficient (Wildman–Crippen LogP) is 2.27. The third-order valence-electron chi connectivity index (χ3n) is 1.85. The van der Waals surface area contributed by atoms with Crippen LogP contribution in [0, 0.1) is 0 Å². The highest BCUT2D eigenvalue weighted by molar-refractivity contribution is 8.14. The highest BCUT2D eigenvalue weighted by Gasteiger charge is 2.23. The maximum Gasteiger partial charge on any atom is 0.355 e. The van der Waals surface area contributed by atoms with Crippen molar-refractivity contribution >= 4 is 45.7 Å². The highest BCUT2D eigenvalue weighted by atomic mass is 35.5. The lowest BCUT2D eigenvalue weighted by Gasteiger charge is -1.98. The van der Waals surface area contributed by atoms with Crippen molar-refractivity contribution in [1.29, 1.82) is 0 Å². The summed E-state index contributed by atoms with van der Waals surface area (Å²) in [7, 11) is 0. The summed E-state index contributed by atoms with van der Waals surface area (Å²) >= 11 is 8.59. The molecular weight excluding hydrogens is 256 g/mol. The zero-order valence-electron chi connectivity index (χ0n) is 7.51. The number of carboxylic acid groups (broad SMARTS) is 1. The molecule has 0 saturated carbocycles. The molecule has 1 aromatic rings. The smallest absolute Gasteiger partial charge is 0.355 e. The van der Waals surface area contributed by atoms with Gasteiger partial charge in [-0.3, -0.25) is 4.99 Å². The van der Waals surface area contributed by atoms with E-state index < -0.39 is 5.97 Å². The Labute approximate surface area is 99.4 Å². The van der Waals surface area contributed by atoms with E-state index in [4.69, 9.17) is 16.7 Å². The van der Waals surface area contributed by atoms with E-state index in [1.807, 2.05) is 0 Å². The Morgan fingerprint density at radius 1 is 1.73 bits per heavy atom. The van der Waals surface area contributed by atoms with Gasteiger partial charge in [0.25, 0.3) is 0 Å². The molecule has 0 amide bonds. The summed E-state index contributed by atoms with van der Waals surface area (Å²) in [6.45, 7) is 0. The van der Waals surface area contributed by atoms with E-state index in [-0.39, 0.29) is 11.7 Å². The SMILES string of the molecule is O=C(O)c1csc([C@@H]2CSC(CCl)=N2)n1. The number of hydrogen-bond acceptors (Lipinski definition) is 5. The Kier molecular flexibility index (Phi) is 3.28. The summed E-state index contributed by atoms with van der Waals surface area (Å²) in [5, 5.41) is 11.9. The van der Waals surface area contributed by atoms with Crippen molar-refractivity contribution in [3.05, 3.63) is 16.1 Å². The fourth-order valence-electron chi connectivity index (χ4n) is 1.16. The van der Waals surface area contributed by atoms with E-state index in [0.717, 1.165) is 15.8 Å². The first-order valence-electron chi connectivity index (χ1n) is 4.15. The van der Waals surface area contributed by atoms with Gasteiger partial charge in [0, 0.05) is 11.1 Å². The van der Waals surface area contributed by atoms with Crippen LogP contribution >= 0.6 is 34.7 Å². The average Bonchev–Trinajstić information content (AvgIpc) is 2.86. The van der Waals surface area contributed by atoms with Gasteiger partial charge in [0.1, 0.15) is 11.0 Å². The van der Waals surface area contributed by atoms with Crippen LogP contribution in [-0.2, 0) is 0 Å². The number of aromatic nitrogens is 1. The summed E-state index contributed by atoms with van der Waals surface area (Å²) < 4.78 is 0. The summed E-state index contributed by atoms with van der Waals surface area (Å²) in [5.41, 5.74) is 0.0922. The van der Waals surface area contributed by atoms with Gasteiger partial charge in [-0.15, -0.1) is 34.7 Å². The molecule has 0 unspecified atom stereocenters. The lowest BCUT2D eigenvalue weighted by molar-refractivity contribution is 0.0691. The molecule has 0 bridgehead atoms. The second-order valence-electron chi connectivity index (χ2n) is 2.86. The first-order valence-corrected chi connectivity index (χ1v) is 6.55. The fraction of sp³-hybridized carbons (Fsp3) is 0.375. The molecule has 1 aliphatic heterocycles. The van der Waals surface area contributed by atoms with E-state index in [2.05, 4.69) is 9.98 Å². The molecule has 0 radical (unpaired) electrons. The van der Waals surface area contributed by atoms with Gasteiger partial charge in [-0.25, -0.2) is 9.78 Å².